The van der Waals surface area contributed by atoms with E-state index in [1.165, 1.54) is 4.68 Å². The lowest BCUT2D eigenvalue weighted by Crippen LogP contribution is -2.41. The fraction of sp³-hybridized carbons (Fsp3) is 0.750. The van der Waals surface area contributed by atoms with Gasteiger partial charge in [-0.3, -0.25) is 9.48 Å². The van der Waals surface area contributed by atoms with Gasteiger partial charge in [0.25, 0.3) is 0 Å². The standard InChI is InChI=1S/C16H21ClF3N3O2/c1-9(11-3-2-8-25-11)21-12(24)6-7-23-14(10-4-5-10)13(17)15(22-23)16(18,19)20/h9-11H,2-8H2,1H3,(H,21,24). The zero-order valence-electron chi connectivity index (χ0n) is 13.9. The highest BCUT2D eigenvalue weighted by molar-refractivity contribution is 6.32. The van der Waals surface area contributed by atoms with Crippen molar-refractivity contribution in [2.24, 2.45) is 0 Å². The summed E-state index contributed by atoms with van der Waals surface area (Å²) in [5, 5.41) is 6.14. The third kappa shape index (κ3) is 4.28. The second kappa shape index (κ2) is 7.15. The Kier molecular flexibility index (Phi) is 5.29. The van der Waals surface area contributed by atoms with Crippen molar-refractivity contribution < 1.29 is 22.7 Å². The van der Waals surface area contributed by atoms with Crippen LogP contribution in [0.3, 0.4) is 0 Å². The smallest absolute Gasteiger partial charge is 0.376 e. The van der Waals surface area contributed by atoms with E-state index in [9.17, 15) is 18.0 Å². The first-order valence-electron chi connectivity index (χ1n) is 8.51. The van der Waals surface area contributed by atoms with Crippen LogP contribution in [0.25, 0.3) is 0 Å². The van der Waals surface area contributed by atoms with Gasteiger partial charge in [0.2, 0.25) is 5.91 Å². The molecule has 3 rings (SSSR count). The first kappa shape index (κ1) is 18.5. The fourth-order valence-electron chi connectivity index (χ4n) is 3.17. The van der Waals surface area contributed by atoms with Crippen molar-refractivity contribution in [2.45, 2.75) is 69.8 Å². The minimum atomic E-state index is -4.59. The van der Waals surface area contributed by atoms with E-state index in [1.54, 1.807) is 0 Å². The lowest BCUT2D eigenvalue weighted by molar-refractivity contribution is -0.141. The van der Waals surface area contributed by atoms with E-state index in [1.807, 2.05) is 6.92 Å². The molecule has 2 atom stereocenters. The molecule has 2 fully saturated rings. The number of nitrogens with zero attached hydrogens (tertiary/aromatic N) is 2. The highest BCUT2D eigenvalue weighted by Gasteiger charge is 2.42. The van der Waals surface area contributed by atoms with E-state index in [-0.39, 0.29) is 42.0 Å². The Bertz CT molecular complexity index is 637. The van der Waals surface area contributed by atoms with Crippen molar-refractivity contribution in [3.8, 4) is 0 Å². The zero-order valence-corrected chi connectivity index (χ0v) is 14.7. The summed E-state index contributed by atoms with van der Waals surface area (Å²) in [7, 11) is 0. The quantitative estimate of drug-likeness (QED) is 0.823. The number of hydrogen-bond donors (Lipinski definition) is 1. The van der Waals surface area contributed by atoms with Gasteiger partial charge in [0.15, 0.2) is 5.69 Å². The number of ether oxygens (including phenoxy) is 1. The van der Waals surface area contributed by atoms with Gasteiger partial charge in [0.1, 0.15) is 0 Å². The van der Waals surface area contributed by atoms with E-state index in [4.69, 9.17) is 16.3 Å². The monoisotopic (exact) mass is 379 g/mol. The Morgan fingerprint density at radius 3 is 2.72 bits per heavy atom. The van der Waals surface area contributed by atoms with Crippen LogP contribution >= 0.6 is 11.6 Å². The molecule has 1 amide bonds. The summed E-state index contributed by atoms with van der Waals surface area (Å²) in [6.45, 7) is 2.64. The van der Waals surface area contributed by atoms with Gasteiger partial charge in [0.05, 0.1) is 29.4 Å². The molecule has 2 heterocycles. The van der Waals surface area contributed by atoms with Crippen LogP contribution in [0, 0.1) is 0 Å². The second-order valence-electron chi connectivity index (χ2n) is 6.70. The van der Waals surface area contributed by atoms with Gasteiger partial charge in [-0.05, 0) is 32.6 Å². The molecule has 2 aliphatic rings. The molecule has 2 unspecified atom stereocenters. The Morgan fingerprint density at radius 1 is 1.44 bits per heavy atom. The Hall–Kier alpha value is -1.28. The van der Waals surface area contributed by atoms with Gasteiger partial charge in [-0.15, -0.1) is 0 Å². The van der Waals surface area contributed by atoms with E-state index >= 15 is 0 Å². The topological polar surface area (TPSA) is 56.2 Å². The molecule has 140 valence electrons. The van der Waals surface area contributed by atoms with Crippen LogP contribution in [0.4, 0.5) is 13.2 Å². The maximum absolute atomic E-state index is 13.0. The third-order valence-corrected chi connectivity index (χ3v) is 5.00. The molecule has 0 spiro atoms. The molecule has 0 aromatic carbocycles. The predicted molar refractivity (Wildman–Crippen MR) is 85.4 cm³/mol. The Morgan fingerprint density at radius 2 is 2.16 bits per heavy atom. The molecule has 1 saturated carbocycles. The van der Waals surface area contributed by atoms with Gasteiger partial charge >= 0.3 is 6.18 Å². The number of aromatic nitrogens is 2. The Balaban J connectivity index is 1.63. The maximum Gasteiger partial charge on any atom is 0.436 e. The highest BCUT2D eigenvalue weighted by atomic mass is 35.5. The number of carbonyl (C=O) groups excluding carboxylic acids is 1. The highest BCUT2D eigenvalue weighted by Crippen LogP contribution is 2.46. The first-order chi connectivity index (χ1) is 11.8. The molecule has 1 aromatic heterocycles. The molecule has 1 aliphatic heterocycles. The molecule has 1 saturated heterocycles. The molecule has 1 aromatic rings. The molecular weight excluding hydrogens is 359 g/mol. The molecule has 5 nitrogen and oxygen atoms in total. The maximum atomic E-state index is 13.0. The Labute approximate surface area is 148 Å². The van der Waals surface area contributed by atoms with E-state index in [0.29, 0.717) is 12.3 Å². The van der Waals surface area contributed by atoms with Crippen molar-refractivity contribution >= 4 is 17.5 Å². The fourth-order valence-corrected chi connectivity index (χ4v) is 3.57. The average Bonchev–Trinajstić information content (AvgIpc) is 3.08. The lowest BCUT2D eigenvalue weighted by atomic mass is 10.1. The number of rotatable bonds is 6. The number of carbonyl (C=O) groups is 1. The van der Waals surface area contributed by atoms with E-state index < -0.39 is 11.9 Å². The van der Waals surface area contributed by atoms with Crippen LogP contribution < -0.4 is 5.32 Å². The number of alkyl halides is 3. The molecule has 9 heteroatoms. The summed E-state index contributed by atoms with van der Waals surface area (Å²) >= 11 is 5.91. The predicted octanol–water partition coefficient (Wildman–Crippen LogP) is 3.51. The van der Waals surface area contributed by atoms with Crippen LogP contribution in [0.15, 0.2) is 0 Å². The summed E-state index contributed by atoms with van der Waals surface area (Å²) in [4.78, 5) is 12.1. The molecule has 0 radical (unpaired) electrons. The van der Waals surface area contributed by atoms with Gasteiger partial charge in [-0.1, -0.05) is 11.6 Å². The molecule has 0 bridgehead atoms. The third-order valence-electron chi connectivity index (χ3n) is 4.63. The van der Waals surface area contributed by atoms with Crippen molar-refractivity contribution in [3.05, 3.63) is 16.4 Å². The number of amides is 1. The van der Waals surface area contributed by atoms with Crippen molar-refractivity contribution in [3.63, 3.8) is 0 Å². The number of nitrogens with one attached hydrogen (secondary N) is 1. The summed E-state index contributed by atoms with van der Waals surface area (Å²) in [5.41, 5.74) is -0.668. The van der Waals surface area contributed by atoms with E-state index in [2.05, 4.69) is 10.4 Å². The van der Waals surface area contributed by atoms with Gasteiger partial charge in [-0.25, -0.2) is 0 Å². The van der Waals surface area contributed by atoms with Crippen molar-refractivity contribution in [1.82, 2.24) is 15.1 Å². The molecular formula is C16H21ClF3N3O2. The minimum Gasteiger partial charge on any atom is -0.376 e. The molecule has 1 N–H and O–H groups in total. The van der Waals surface area contributed by atoms with Crippen molar-refractivity contribution in [2.75, 3.05) is 6.61 Å². The number of hydrogen-bond acceptors (Lipinski definition) is 3. The summed E-state index contributed by atoms with van der Waals surface area (Å²) in [5.74, 6) is -0.227. The van der Waals surface area contributed by atoms with Crippen LogP contribution in [0.2, 0.25) is 5.02 Å². The average molecular weight is 380 g/mol. The largest absolute Gasteiger partial charge is 0.436 e. The number of halogens is 4. The van der Waals surface area contributed by atoms with Gasteiger partial charge in [-0.2, -0.15) is 18.3 Å². The van der Waals surface area contributed by atoms with Crippen LogP contribution in [0.5, 0.6) is 0 Å². The van der Waals surface area contributed by atoms with Crippen LogP contribution in [-0.2, 0) is 22.3 Å². The normalized spacial score (nSPS) is 22.2. The summed E-state index contributed by atoms with van der Waals surface area (Å²) in [6, 6.07) is -0.121. The lowest BCUT2D eigenvalue weighted by Gasteiger charge is -2.20. The summed E-state index contributed by atoms with van der Waals surface area (Å²) in [6.07, 6.45) is -1.08. The molecule has 25 heavy (non-hydrogen) atoms. The number of aryl methyl sites for hydroxylation is 1. The SMILES string of the molecule is CC(NC(=O)CCn1nc(C(F)(F)F)c(Cl)c1C1CC1)C1CCCO1. The van der Waals surface area contributed by atoms with Gasteiger partial charge in [0, 0.05) is 18.9 Å². The van der Waals surface area contributed by atoms with E-state index in [0.717, 1.165) is 25.7 Å². The minimum absolute atomic E-state index is 0.00181. The molecule has 1 aliphatic carbocycles. The van der Waals surface area contributed by atoms with Crippen LogP contribution in [0.1, 0.15) is 56.3 Å². The summed E-state index contributed by atoms with van der Waals surface area (Å²) < 4.78 is 45.8. The van der Waals surface area contributed by atoms with Crippen LogP contribution in [-0.4, -0.2) is 34.4 Å². The zero-order chi connectivity index (χ0) is 18.2. The van der Waals surface area contributed by atoms with Gasteiger partial charge < -0.3 is 10.1 Å². The first-order valence-corrected chi connectivity index (χ1v) is 8.89. The van der Waals surface area contributed by atoms with Crippen molar-refractivity contribution in [1.29, 1.82) is 0 Å². The second-order valence-corrected chi connectivity index (χ2v) is 7.08.